The van der Waals surface area contributed by atoms with Gasteiger partial charge in [-0.25, -0.2) is 0 Å². The van der Waals surface area contributed by atoms with Gasteiger partial charge in [-0.15, -0.1) is 10.3 Å². The lowest BCUT2D eigenvalue weighted by Gasteiger charge is -2.35. The molecule has 99 valence electrons. The molecule has 1 saturated heterocycles. The highest BCUT2D eigenvalue weighted by Gasteiger charge is 2.49. The van der Waals surface area contributed by atoms with E-state index < -0.39 is 0 Å². The molecule has 1 atom stereocenters. The summed E-state index contributed by atoms with van der Waals surface area (Å²) in [4.78, 5) is 2.07. The Morgan fingerprint density at radius 1 is 1.06 bits per heavy atom. The molecule has 2 rings (SSSR count). The van der Waals surface area contributed by atoms with Gasteiger partial charge in [-0.2, -0.15) is 0 Å². The zero-order valence-electron chi connectivity index (χ0n) is 12.0. The Labute approximate surface area is 110 Å². The van der Waals surface area contributed by atoms with Crippen molar-refractivity contribution in [3.8, 4) is 0 Å². The van der Waals surface area contributed by atoms with Gasteiger partial charge in [-0.05, 0) is 51.3 Å². The van der Waals surface area contributed by atoms with Crippen LogP contribution in [0.4, 0.5) is 5.69 Å². The fourth-order valence-corrected chi connectivity index (χ4v) is 2.80. The maximum absolute atomic E-state index is 12.5. The van der Waals surface area contributed by atoms with E-state index in [2.05, 4.69) is 36.1 Å². The minimum absolute atomic E-state index is 0.255. The lowest BCUT2D eigenvalue weighted by Crippen LogP contribution is -2.44. The van der Waals surface area contributed by atoms with E-state index in [1.807, 2.05) is 27.9 Å². The molecule has 1 radical (unpaired) electrons. The van der Waals surface area contributed by atoms with Gasteiger partial charge in [0.15, 0.2) is 0 Å². The number of hydrogen-bond acceptors (Lipinski definition) is 2. The molecule has 18 heavy (non-hydrogen) atoms. The second kappa shape index (κ2) is 4.25. The van der Waals surface area contributed by atoms with E-state index in [0.29, 0.717) is 0 Å². The van der Waals surface area contributed by atoms with Crippen LogP contribution in [0.15, 0.2) is 24.3 Å². The van der Waals surface area contributed by atoms with E-state index >= 15 is 0 Å². The predicted molar refractivity (Wildman–Crippen MR) is 74.0 cm³/mol. The third kappa shape index (κ3) is 2.02. The van der Waals surface area contributed by atoms with Crippen LogP contribution < -0.4 is 4.90 Å². The van der Waals surface area contributed by atoms with E-state index in [1.165, 1.54) is 5.06 Å². The fourth-order valence-electron chi connectivity index (χ4n) is 2.80. The van der Waals surface area contributed by atoms with Crippen LogP contribution in [-0.4, -0.2) is 24.7 Å². The van der Waals surface area contributed by atoms with Crippen LogP contribution in [0.5, 0.6) is 0 Å². The van der Waals surface area contributed by atoms with E-state index in [-0.39, 0.29) is 11.1 Å². The normalized spacial score (nSPS) is 27.4. The molecule has 3 heteroatoms. The van der Waals surface area contributed by atoms with E-state index in [0.717, 1.165) is 24.1 Å². The van der Waals surface area contributed by atoms with Gasteiger partial charge in [0, 0.05) is 25.3 Å². The van der Waals surface area contributed by atoms with Crippen molar-refractivity contribution in [2.45, 2.75) is 44.7 Å². The monoisotopic (exact) mass is 247 g/mol. The van der Waals surface area contributed by atoms with Crippen molar-refractivity contribution in [1.82, 2.24) is 5.06 Å². The first-order valence-corrected chi connectivity index (χ1v) is 6.53. The van der Waals surface area contributed by atoms with Gasteiger partial charge in [-0.1, -0.05) is 12.1 Å². The molecule has 1 aromatic carbocycles. The molecule has 1 aromatic rings. The maximum atomic E-state index is 12.5. The highest BCUT2D eigenvalue weighted by atomic mass is 16.5. The van der Waals surface area contributed by atoms with Crippen molar-refractivity contribution in [1.29, 1.82) is 0 Å². The lowest BCUT2D eigenvalue weighted by molar-refractivity contribution is -0.252. The zero-order chi connectivity index (χ0) is 13.6. The highest BCUT2D eigenvalue weighted by molar-refractivity contribution is 5.47. The first-order valence-electron chi connectivity index (χ1n) is 6.53. The van der Waals surface area contributed by atoms with E-state index in [9.17, 15) is 5.21 Å². The van der Waals surface area contributed by atoms with Crippen molar-refractivity contribution < 1.29 is 5.21 Å². The maximum Gasteiger partial charge on any atom is 0.0720 e. The average Bonchev–Trinajstić information content (AvgIpc) is 2.55. The molecule has 0 saturated carbocycles. The van der Waals surface area contributed by atoms with Gasteiger partial charge in [0.1, 0.15) is 0 Å². The lowest BCUT2D eigenvalue weighted by atomic mass is 9.90. The Morgan fingerprint density at radius 2 is 1.61 bits per heavy atom. The Morgan fingerprint density at radius 3 is 2.00 bits per heavy atom. The molecule has 0 amide bonds. The molecule has 1 heterocycles. The second-order valence-corrected chi connectivity index (χ2v) is 6.32. The number of rotatable bonds is 2. The third-order valence-corrected chi connectivity index (χ3v) is 4.23. The number of anilines is 1. The molecule has 1 unspecified atom stereocenters. The SMILES string of the molecule is CN(C)c1ccc(C2(C)CCC(C)(C)N2[O])cc1. The zero-order valence-corrected chi connectivity index (χ0v) is 12.0. The smallest absolute Gasteiger partial charge is 0.0720 e. The second-order valence-electron chi connectivity index (χ2n) is 6.32. The summed E-state index contributed by atoms with van der Waals surface area (Å²) in [6.07, 6.45) is 1.87. The third-order valence-electron chi connectivity index (χ3n) is 4.23. The van der Waals surface area contributed by atoms with Crippen molar-refractivity contribution in [2.24, 2.45) is 0 Å². The van der Waals surface area contributed by atoms with Crippen LogP contribution in [0.3, 0.4) is 0 Å². The van der Waals surface area contributed by atoms with Crippen LogP contribution in [0, 0.1) is 0 Å². The van der Waals surface area contributed by atoms with Crippen LogP contribution in [-0.2, 0) is 10.7 Å². The quantitative estimate of drug-likeness (QED) is 0.802. The van der Waals surface area contributed by atoms with Gasteiger partial charge in [0.2, 0.25) is 0 Å². The summed E-state index contributed by atoms with van der Waals surface area (Å²) in [5, 5.41) is 13.8. The predicted octanol–water partition coefficient (Wildman–Crippen LogP) is 3.19. The molecule has 3 nitrogen and oxygen atoms in total. The van der Waals surface area contributed by atoms with Gasteiger partial charge in [0.05, 0.1) is 5.54 Å². The number of benzene rings is 1. The first-order chi connectivity index (χ1) is 8.27. The molecule has 0 aromatic heterocycles. The topological polar surface area (TPSA) is 26.4 Å². The fraction of sp³-hybridized carbons (Fsp3) is 0.600. The van der Waals surface area contributed by atoms with E-state index in [4.69, 9.17) is 0 Å². The summed E-state index contributed by atoms with van der Waals surface area (Å²) < 4.78 is 0. The molecule has 0 bridgehead atoms. The number of nitrogens with zero attached hydrogens (tertiary/aromatic N) is 2. The first kappa shape index (κ1) is 13.4. The molecule has 1 fully saturated rings. The minimum Gasteiger partial charge on any atom is -0.378 e. The van der Waals surface area contributed by atoms with Gasteiger partial charge >= 0.3 is 0 Å². The molecular formula is C15H23N2O. The van der Waals surface area contributed by atoms with Gasteiger partial charge in [0.25, 0.3) is 0 Å². The number of hydroxylamine groups is 2. The molecule has 0 N–H and O–H groups in total. The minimum atomic E-state index is -0.381. The van der Waals surface area contributed by atoms with Crippen LogP contribution >= 0.6 is 0 Å². The molecule has 0 aliphatic carbocycles. The summed E-state index contributed by atoms with van der Waals surface area (Å²) in [7, 11) is 4.05. The Balaban J connectivity index is 2.31. The summed E-state index contributed by atoms with van der Waals surface area (Å²) in [5.74, 6) is 0. The standard InChI is InChI=1S/C15H23N2O/c1-14(2)10-11-15(3,17(14)18)12-6-8-13(9-7-12)16(4)5/h6-9H,10-11H2,1-5H3. The Kier molecular flexibility index (Phi) is 3.16. The van der Waals surface area contributed by atoms with E-state index in [1.54, 1.807) is 0 Å². The van der Waals surface area contributed by atoms with Gasteiger partial charge in [-0.3, -0.25) is 0 Å². The largest absolute Gasteiger partial charge is 0.378 e. The van der Waals surface area contributed by atoms with Crippen molar-refractivity contribution >= 4 is 5.69 Å². The van der Waals surface area contributed by atoms with Crippen LogP contribution in [0.1, 0.15) is 39.2 Å². The molecule has 0 spiro atoms. The molecule has 1 aliphatic rings. The summed E-state index contributed by atoms with van der Waals surface area (Å²) >= 11 is 0. The summed E-state index contributed by atoms with van der Waals surface area (Å²) in [6.45, 7) is 6.11. The summed E-state index contributed by atoms with van der Waals surface area (Å²) in [5.41, 5.74) is 1.65. The Bertz CT molecular complexity index is 425. The van der Waals surface area contributed by atoms with Crippen molar-refractivity contribution in [2.75, 3.05) is 19.0 Å². The highest BCUT2D eigenvalue weighted by Crippen LogP contribution is 2.45. The molecule has 1 aliphatic heterocycles. The average molecular weight is 247 g/mol. The molecular weight excluding hydrogens is 224 g/mol. The number of hydrogen-bond donors (Lipinski definition) is 0. The van der Waals surface area contributed by atoms with Crippen molar-refractivity contribution in [3.05, 3.63) is 29.8 Å². The summed E-state index contributed by atoms with van der Waals surface area (Å²) in [6, 6.07) is 8.34. The van der Waals surface area contributed by atoms with Crippen molar-refractivity contribution in [3.63, 3.8) is 0 Å². The van der Waals surface area contributed by atoms with Gasteiger partial charge < -0.3 is 4.90 Å². The van der Waals surface area contributed by atoms with Crippen LogP contribution in [0.25, 0.3) is 0 Å². The van der Waals surface area contributed by atoms with Crippen LogP contribution in [0.2, 0.25) is 0 Å². The Hall–Kier alpha value is -1.06.